The SMILES string of the molecule is C=CCN1CCOCC2(C1)CN(Cc1ccccn1)CCO2.O=C(O)C(F)(F)F.O=C(O)C(F)(F)F. The van der Waals surface area contributed by atoms with Gasteiger partial charge in [-0.15, -0.1) is 6.58 Å². The molecule has 1 aromatic heterocycles. The predicted molar refractivity (Wildman–Crippen MR) is 113 cm³/mol. The minimum atomic E-state index is -5.08. The molecule has 2 N–H and O–H groups in total. The molecule has 3 rings (SSSR count). The number of hydrogen-bond acceptors (Lipinski definition) is 7. The molecular weight excluding hydrogens is 504 g/mol. The molecule has 15 heteroatoms. The lowest BCUT2D eigenvalue weighted by atomic mass is 10.0. The van der Waals surface area contributed by atoms with Crippen molar-refractivity contribution in [3.05, 3.63) is 42.7 Å². The molecule has 0 radical (unpaired) electrons. The van der Waals surface area contributed by atoms with Crippen LogP contribution in [0.4, 0.5) is 26.3 Å². The Kier molecular flexibility index (Phi) is 12.3. The van der Waals surface area contributed by atoms with E-state index in [2.05, 4.69) is 27.4 Å². The maximum atomic E-state index is 10.6. The minimum Gasteiger partial charge on any atom is -0.475 e. The molecule has 1 unspecified atom stereocenters. The van der Waals surface area contributed by atoms with E-state index in [4.69, 9.17) is 29.3 Å². The van der Waals surface area contributed by atoms with Crippen LogP contribution >= 0.6 is 0 Å². The van der Waals surface area contributed by atoms with Gasteiger partial charge in [0.1, 0.15) is 5.60 Å². The van der Waals surface area contributed by atoms with Gasteiger partial charge in [-0.1, -0.05) is 12.1 Å². The maximum Gasteiger partial charge on any atom is 0.490 e. The van der Waals surface area contributed by atoms with Gasteiger partial charge in [0, 0.05) is 45.5 Å². The van der Waals surface area contributed by atoms with Crippen molar-refractivity contribution in [2.24, 2.45) is 0 Å². The standard InChI is InChI=1S/C17H25N3O2.2C2HF3O2/c1-2-7-19-8-10-21-15-17(13-19)14-20(9-11-22-17)12-16-5-3-4-6-18-16;2*3-2(4,5)1(6)7/h2-6H,1,7-15H2;2*(H,6,7). The van der Waals surface area contributed by atoms with Crippen LogP contribution < -0.4 is 0 Å². The van der Waals surface area contributed by atoms with Gasteiger partial charge >= 0.3 is 24.3 Å². The third-order valence-corrected chi connectivity index (χ3v) is 4.74. The van der Waals surface area contributed by atoms with Crippen molar-refractivity contribution in [3.63, 3.8) is 0 Å². The lowest BCUT2D eigenvalue weighted by Gasteiger charge is -2.43. The fourth-order valence-electron chi connectivity index (χ4n) is 3.28. The van der Waals surface area contributed by atoms with E-state index in [1.54, 1.807) is 0 Å². The summed E-state index contributed by atoms with van der Waals surface area (Å²) in [6.07, 6.45) is -6.36. The topological polar surface area (TPSA) is 112 Å². The van der Waals surface area contributed by atoms with E-state index in [-0.39, 0.29) is 5.60 Å². The second-order valence-corrected chi connectivity index (χ2v) is 7.75. The Hall–Kier alpha value is -2.75. The molecule has 1 atom stereocenters. The molecule has 2 fully saturated rings. The summed E-state index contributed by atoms with van der Waals surface area (Å²) in [4.78, 5) is 27.0. The molecule has 2 aliphatic heterocycles. The van der Waals surface area contributed by atoms with Gasteiger partial charge in [-0.05, 0) is 12.1 Å². The van der Waals surface area contributed by atoms with Crippen molar-refractivity contribution >= 4 is 11.9 Å². The molecule has 0 saturated carbocycles. The maximum absolute atomic E-state index is 10.6. The van der Waals surface area contributed by atoms with E-state index >= 15 is 0 Å². The Morgan fingerprint density at radius 3 is 2.08 bits per heavy atom. The Morgan fingerprint density at radius 1 is 1.03 bits per heavy atom. The Balaban J connectivity index is 0.000000383. The number of hydrogen-bond donors (Lipinski definition) is 2. The number of carboxylic acid groups (broad SMARTS) is 2. The zero-order valence-corrected chi connectivity index (χ0v) is 19.1. The van der Waals surface area contributed by atoms with Crippen LogP contribution in [-0.2, 0) is 25.6 Å². The summed E-state index contributed by atoms with van der Waals surface area (Å²) in [5, 5.41) is 14.2. The van der Waals surface area contributed by atoms with Crippen molar-refractivity contribution in [1.29, 1.82) is 0 Å². The highest BCUT2D eigenvalue weighted by atomic mass is 19.4. The molecule has 36 heavy (non-hydrogen) atoms. The zero-order chi connectivity index (χ0) is 27.4. The highest BCUT2D eigenvalue weighted by Crippen LogP contribution is 2.23. The summed E-state index contributed by atoms with van der Waals surface area (Å²) < 4.78 is 75.5. The number of pyridine rings is 1. The fraction of sp³-hybridized carbons (Fsp3) is 0.571. The number of morpholine rings is 1. The number of aliphatic carboxylic acids is 2. The first-order chi connectivity index (χ1) is 16.7. The van der Waals surface area contributed by atoms with Crippen molar-refractivity contribution < 1.29 is 55.6 Å². The predicted octanol–water partition coefficient (Wildman–Crippen LogP) is 2.44. The molecule has 2 aliphatic rings. The number of carbonyl (C=O) groups is 2. The molecule has 1 spiro atoms. The number of carboxylic acids is 2. The molecule has 1 aromatic rings. The quantitative estimate of drug-likeness (QED) is 0.447. The number of halogens is 6. The monoisotopic (exact) mass is 531 g/mol. The molecule has 2 saturated heterocycles. The number of alkyl halides is 6. The normalized spacial score (nSPS) is 21.3. The highest BCUT2D eigenvalue weighted by molar-refractivity contribution is 5.73. The van der Waals surface area contributed by atoms with Crippen LogP contribution in [0.2, 0.25) is 0 Å². The van der Waals surface area contributed by atoms with E-state index in [1.165, 1.54) is 0 Å². The van der Waals surface area contributed by atoms with Crippen LogP contribution in [0.5, 0.6) is 0 Å². The summed E-state index contributed by atoms with van der Waals surface area (Å²) in [6, 6.07) is 6.07. The lowest BCUT2D eigenvalue weighted by Crippen LogP contribution is -2.58. The highest BCUT2D eigenvalue weighted by Gasteiger charge is 2.40. The van der Waals surface area contributed by atoms with Crippen molar-refractivity contribution in [1.82, 2.24) is 14.8 Å². The average molecular weight is 531 g/mol. The molecular formula is C21H27F6N3O6. The number of rotatable bonds is 4. The first kappa shape index (κ1) is 31.3. The van der Waals surface area contributed by atoms with Gasteiger partial charge in [-0.3, -0.25) is 14.8 Å². The van der Waals surface area contributed by atoms with Gasteiger partial charge < -0.3 is 19.7 Å². The smallest absolute Gasteiger partial charge is 0.475 e. The Labute approximate surface area is 202 Å². The Morgan fingerprint density at radius 2 is 1.58 bits per heavy atom. The average Bonchev–Trinajstić information content (AvgIpc) is 2.96. The molecule has 3 heterocycles. The molecule has 0 aromatic carbocycles. The van der Waals surface area contributed by atoms with Gasteiger partial charge in [0.2, 0.25) is 0 Å². The van der Waals surface area contributed by atoms with Crippen molar-refractivity contribution in [3.8, 4) is 0 Å². The molecule has 204 valence electrons. The molecule has 0 amide bonds. The summed E-state index contributed by atoms with van der Waals surface area (Å²) in [5.74, 6) is -5.51. The third-order valence-electron chi connectivity index (χ3n) is 4.74. The molecule has 0 bridgehead atoms. The first-order valence-electron chi connectivity index (χ1n) is 10.5. The molecule has 9 nitrogen and oxygen atoms in total. The number of aromatic nitrogens is 1. The second-order valence-electron chi connectivity index (χ2n) is 7.75. The zero-order valence-electron chi connectivity index (χ0n) is 19.1. The lowest BCUT2D eigenvalue weighted by molar-refractivity contribution is -0.193. The summed E-state index contributed by atoms with van der Waals surface area (Å²) in [7, 11) is 0. The van der Waals surface area contributed by atoms with Gasteiger partial charge in [-0.2, -0.15) is 26.3 Å². The van der Waals surface area contributed by atoms with E-state index in [0.29, 0.717) is 6.61 Å². The summed E-state index contributed by atoms with van der Waals surface area (Å²) in [6.45, 7) is 11.4. The van der Waals surface area contributed by atoms with Gasteiger partial charge in [-0.25, -0.2) is 9.59 Å². The first-order valence-corrected chi connectivity index (χ1v) is 10.5. The minimum absolute atomic E-state index is 0.230. The van der Waals surface area contributed by atoms with Crippen LogP contribution in [0, 0.1) is 0 Å². The van der Waals surface area contributed by atoms with Gasteiger partial charge in [0.25, 0.3) is 0 Å². The van der Waals surface area contributed by atoms with Crippen LogP contribution in [0.3, 0.4) is 0 Å². The van der Waals surface area contributed by atoms with Crippen LogP contribution in [0.15, 0.2) is 37.1 Å². The number of nitrogens with zero attached hydrogens (tertiary/aromatic N) is 3. The third kappa shape index (κ3) is 11.8. The van der Waals surface area contributed by atoms with Gasteiger partial charge in [0.15, 0.2) is 0 Å². The number of ether oxygens (including phenoxy) is 2. The summed E-state index contributed by atoms with van der Waals surface area (Å²) in [5.41, 5.74) is 0.879. The largest absolute Gasteiger partial charge is 0.490 e. The summed E-state index contributed by atoms with van der Waals surface area (Å²) >= 11 is 0. The van der Waals surface area contributed by atoms with E-state index in [9.17, 15) is 26.3 Å². The van der Waals surface area contributed by atoms with Crippen LogP contribution in [-0.4, -0.2) is 107 Å². The van der Waals surface area contributed by atoms with E-state index in [0.717, 1.165) is 58.2 Å². The van der Waals surface area contributed by atoms with E-state index < -0.39 is 24.3 Å². The van der Waals surface area contributed by atoms with Crippen molar-refractivity contribution in [2.75, 3.05) is 52.5 Å². The second kappa shape index (κ2) is 14.1. The van der Waals surface area contributed by atoms with E-state index in [1.807, 2.05) is 24.4 Å². The van der Waals surface area contributed by atoms with Crippen LogP contribution in [0.1, 0.15) is 5.69 Å². The fourth-order valence-corrected chi connectivity index (χ4v) is 3.28. The Bertz CT molecular complexity index is 816. The van der Waals surface area contributed by atoms with Gasteiger partial charge in [0.05, 0.1) is 25.5 Å². The van der Waals surface area contributed by atoms with Crippen molar-refractivity contribution in [2.45, 2.75) is 24.5 Å². The molecule has 0 aliphatic carbocycles. The van der Waals surface area contributed by atoms with Crippen LogP contribution in [0.25, 0.3) is 0 Å².